The van der Waals surface area contributed by atoms with Gasteiger partial charge in [-0.1, -0.05) is 29.8 Å². The predicted octanol–water partition coefficient (Wildman–Crippen LogP) is 4.46. The van der Waals surface area contributed by atoms with E-state index in [9.17, 15) is 4.39 Å². The summed E-state index contributed by atoms with van der Waals surface area (Å²) in [6.45, 7) is 7.64. The number of thiocarbonyl (C=S) groups is 1. The zero-order valence-electron chi connectivity index (χ0n) is 16.1. The quantitative estimate of drug-likeness (QED) is 0.697. The molecule has 3 rings (SSSR count). The summed E-state index contributed by atoms with van der Waals surface area (Å²) in [6.07, 6.45) is 0. The Morgan fingerprint density at radius 2 is 1.89 bits per heavy atom. The molecule has 1 aliphatic rings. The molecule has 7 heteroatoms. The second kappa shape index (κ2) is 9.65. The van der Waals surface area contributed by atoms with E-state index in [-0.39, 0.29) is 11.9 Å². The lowest BCUT2D eigenvalue weighted by molar-refractivity contribution is 0.0170. The third-order valence-electron chi connectivity index (χ3n) is 4.87. The minimum Gasteiger partial charge on any atom is -0.379 e. The van der Waals surface area contributed by atoms with Crippen molar-refractivity contribution in [1.82, 2.24) is 10.2 Å². The van der Waals surface area contributed by atoms with Gasteiger partial charge < -0.3 is 15.4 Å². The molecule has 0 radical (unpaired) electrons. The molecule has 4 nitrogen and oxygen atoms in total. The molecule has 1 atom stereocenters. The van der Waals surface area contributed by atoms with Crippen LogP contribution in [0.25, 0.3) is 0 Å². The van der Waals surface area contributed by atoms with Gasteiger partial charge in [0.25, 0.3) is 0 Å². The van der Waals surface area contributed by atoms with Gasteiger partial charge in [-0.25, -0.2) is 4.39 Å². The van der Waals surface area contributed by atoms with Crippen LogP contribution in [-0.4, -0.2) is 42.9 Å². The Morgan fingerprint density at radius 3 is 2.54 bits per heavy atom. The lowest BCUT2D eigenvalue weighted by Crippen LogP contribution is -2.44. The van der Waals surface area contributed by atoms with E-state index < -0.39 is 0 Å². The molecule has 2 aromatic rings. The summed E-state index contributed by atoms with van der Waals surface area (Å²) in [5.41, 5.74) is 4.01. The lowest BCUT2D eigenvalue weighted by Gasteiger charge is -2.35. The Balaban J connectivity index is 1.69. The first kappa shape index (κ1) is 21.0. The molecule has 1 fully saturated rings. The van der Waals surface area contributed by atoms with E-state index in [0.29, 0.717) is 29.9 Å². The topological polar surface area (TPSA) is 36.5 Å². The predicted molar refractivity (Wildman–Crippen MR) is 117 cm³/mol. The van der Waals surface area contributed by atoms with Crippen molar-refractivity contribution in [2.75, 3.05) is 38.2 Å². The molecule has 0 spiro atoms. The number of benzene rings is 2. The van der Waals surface area contributed by atoms with Crippen LogP contribution >= 0.6 is 23.8 Å². The Bertz CT molecular complexity index is 802. The van der Waals surface area contributed by atoms with E-state index in [1.54, 1.807) is 0 Å². The zero-order chi connectivity index (χ0) is 20.1. The van der Waals surface area contributed by atoms with Crippen molar-refractivity contribution >= 4 is 34.6 Å². The molecule has 0 amide bonds. The first-order chi connectivity index (χ1) is 13.4. The van der Waals surface area contributed by atoms with Gasteiger partial charge >= 0.3 is 0 Å². The van der Waals surface area contributed by atoms with E-state index in [4.69, 9.17) is 28.6 Å². The number of nitrogens with one attached hydrogen (secondary N) is 2. The van der Waals surface area contributed by atoms with Gasteiger partial charge in [-0.3, -0.25) is 4.90 Å². The summed E-state index contributed by atoms with van der Waals surface area (Å²) < 4.78 is 18.8. The van der Waals surface area contributed by atoms with Crippen LogP contribution in [0.15, 0.2) is 36.4 Å². The van der Waals surface area contributed by atoms with Crippen LogP contribution in [0.1, 0.15) is 22.7 Å². The first-order valence-electron chi connectivity index (χ1n) is 9.33. The smallest absolute Gasteiger partial charge is 0.170 e. The van der Waals surface area contributed by atoms with Gasteiger partial charge in [-0.05, 0) is 61.0 Å². The fourth-order valence-electron chi connectivity index (χ4n) is 3.45. The normalized spacial score (nSPS) is 15.9. The summed E-state index contributed by atoms with van der Waals surface area (Å²) in [5.74, 6) is -0.237. The highest BCUT2D eigenvalue weighted by Gasteiger charge is 2.23. The largest absolute Gasteiger partial charge is 0.379 e. The third kappa shape index (κ3) is 5.41. The van der Waals surface area contributed by atoms with Gasteiger partial charge in [0.15, 0.2) is 5.11 Å². The zero-order valence-corrected chi connectivity index (χ0v) is 17.7. The number of rotatable bonds is 5. The highest BCUT2D eigenvalue weighted by Crippen LogP contribution is 2.27. The molecule has 2 N–H and O–H groups in total. The van der Waals surface area contributed by atoms with E-state index >= 15 is 0 Å². The van der Waals surface area contributed by atoms with Gasteiger partial charge in [0.1, 0.15) is 5.82 Å². The Labute approximate surface area is 176 Å². The van der Waals surface area contributed by atoms with Gasteiger partial charge in [-0.15, -0.1) is 0 Å². The Kier molecular flexibility index (Phi) is 7.24. The van der Waals surface area contributed by atoms with Crippen molar-refractivity contribution in [3.8, 4) is 0 Å². The van der Waals surface area contributed by atoms with Crippen molar-refractivity contribution < 1.29 is 9.13 Å². The van der Waals surface area contributed by atoms with E-state index in [2.05, 4.69) is 21.6 Å². The van der Waals surface area contributed by atoms with Crippen LogP contribution in [-0.2, 0) is 4.74 Å². The molecule has 150 valence electrons. The summed E-state index contributed by atoms with van der Waals surface area (Å²) in [7, 11) is 0. The lowest BCUT2D eigenvalue weighted by atomic mass is 10.0. The van der Waals surface area contributed by atoms with Crippen molar-refractivity contribution in [2.24, 2.45) is 0 Å². The van der Waals surface area contributed by atoms with Crippen LogP contribution in [0, 0.1) is 19.7 Å². The Morgan fingerprint density at radius 1 is 1.21 bits per heavy atom. The number of anilines is 1. The minimum absolute atomic E-state index is 0.0684. The number of nitrogens with zero attached hydrogens (tertiary/aromatic N) is 1. The maximum Gasteiger partial charge on any atom is 0.170 e. The number of halogens is 2. The second-order valence-corrected chi connectivity index (χ2v) is 7.80. The van der Waals surface area contributed by atoms with Crippen molar-refractivity contribution in [3.05, 3.63) is 63.9 Å². The molecule has 0 unspecified atom stereocenters. The van der Waals surface area contributed by atoms with Crippen molar-refractivity contribution in [2.45, 2.75) is 19.9 Å². The van der Waals surface area contributed by atoms with Crippen LogP contribution < -0.4 is 10.6 Å². The summed E-state index contributed by atoms with van der Waals surface area (Å²) in [5, 5.41) is 7.66. The monoisotopic (exact) mass is 421 g/mol. The van der Waals surface area contributed by atoms with Gasteiger partial charge in [-0.2, -0.15) is 0 Å². The molecule has 1 saturated heterocycles. The fourth-order valence-corrected chi connectivity index (χ4v) is 4.01. The molecule has 1 heterocycles. The average molecular weight is 422 g/mol. The molecular weight excluding hydrogens is 397 g/mol. The summed E-state index contributed by atoms with van der Waals surface area (Å²) in [6, 6.07) is 10.7. The molecule has 2 aromatic carbocycles. The number of ether oxygens (including phenoxy) is 1. The molecule has 0 aliphatic carbocycles. The average Bonchev–Trinajstić information content (AvgIpc) is 2.67. The van der Waals surface area contributed by atoms with Crippen molar-refractivity contribution in [3.63, 3.8) is 0 Å². The van der Waals surface area contributed by atoms with Crippen LogP contribution in [0.4, 0.5) is 10.1 Å². The van der Waals surface area contributed by atoms with Crippen LogP contribution in [0.2, 0.25) is 5.02 Å². The highest BCUT2D eigenvalue weighted by molar-refractivity contribution is 7.80. The molecule has 0 saturated carbocycles. The van der Waals surface area contributed by atoms with E-state index in [1.165, 1.54) is 12.1 Å². The van der Waals surface area contributed by atoms with E-state index in [0.717, 1.165) is 35.5 Å². The van der Waals surface area contributed by atoms with Crippen molar-refractivity contribution in [1.29, 1.82) is 0 Å². The maximum atomic E-state index is 13.4. The Hall–Kier alpha value is -1.73. The van der Waals surface area contributed by atoms with Crippen LogP contribution in [0.5, 0.6) is 0 Å². The fraction of sp³-hybridized carbons (Fsp3) is 0.381. The minimum atomic E-state index is -0.237. The number of hydrogen-bond donors (Lipinski definition) is 2. The SMILES string of the molecule is Cc1cc(C)c(NC(=S)NC[C@H](c2ccc(F)cc2)N2CCOCC2)c(Cl)c1. The molecular formula is C21H25ClFN3OS. The first-order valence-corrected chi connectivity index (χ1v) is 10.1. The maximum absolute atomic E-state index is 13.4. The van der Waals surface area contributed by atoms with Gasteiger partial charge in [0.2, 0.25) is 0 Å². The number of hydrogen-bond acceptors (Lipinski definition) is 3. The molecule has 1 aliphatic heterocycles. The second-order valence-electron chi connectivity index (χ2n) is 6.99. The van der Waals surface area contributed by atoms with Gasteiger partial charge in [0, 0.05) is 19.6 Å². The summed E-state index contributed by atoms with van der Waals surface area (Å²) >= 11 is 11.9. The molecule has 0 bridgehead atoms. The number of morpholine rings is 1. The van der Waals surface area contributed by atoms with E-state index in [1.807, 2.05) is 32.0 Å². The third-order valence-corrected chi connectivity index (χ3v) is 5.41. The molecule has 0 aromatic heterocycles. The molecule has 28 heavy (non-hydrogen) atoms. The standard InChI is InChI=1S/C21H25ClFN3OS/c1-14-11-15(2)20(18(22)12-14)25-21(28)24-13-19(26-7-9-27-10-8-26)16-3-5-17(23)6-4-16/h3-6,11-12,19H,7-10,13H2,1-2H3,(H2,24,25,28)/t19-/m1/s1. The number of aryl methyl sites for hydroxylation is 2. The van der Waals surface area contributed by atoms with Crippen LogP contribution in [0.3, 0.4) is 0 Å². The summed E-state index contributed by atoms with van der Waals surface area (Å²) in [4.78, 5) is 2.33. The highest BCUT2D eigenvalue weighted by atomic mass is 35.5. The van der Waals surface area contributed by atoms with Gasteiger partial charge in [0.05, 0.1) is 30.0 Å².